The van der Waals surface area contributed by atoms with Crippen LogP contribution in [0.15, 0.2) is 97.6 Å². The number of ether oxygens (including phenoxy) is 1. The third-order valence-electron chi connectivity index (χ3n) is 7.30. The number of nitrogens with zero attached hydrogens (tertiary/aromatic N) is 4. The topological polar surface area (TPSA) is 154 Å². The van der Waals surface area contributed by atoms with E-state index in [4.69, 9.17) is 4.74 Å². The van der Waals surface area contributed by atoms with Crippen LogP contribution >= 0.6 is 0 Å². The molecule has 1 atom stereocenters. The number of amides is 3. The number of rotatable bonds is 10. The summed E-state index contributed by atoms with van der Waals surface area (Å²) in [6.07, 6.45) is 5.17. The van der Waals surface area contributed by atoms with Crippen molar-refractivity contribution in [3.05, 3.63) is 120 Å². The number of nitrogens with one attached hydrogen (secondary N) is 2. The molecule has 1 aliphatic rings. The van der Waals surface area contributed by atoms with Crippen LogP contribution in [0.2, 0.25) is 0 Å². The van der Waals surface area contributed by atoms with Gasteiger partial charge in [-0.3, -0.25) is 29.7 Å². The number of carboxylic acids is 1. The summed E-state index contributed by atoms with van der Waals surface area (Å²) >= 11 is 0. The molecule has 1 fully saturated rings. The molecule has 1 aliphatic heterocycles. The van der Waals surface area contributed by atoms with E-state index in [0.717, 1.165) is 5.56 Å². The van der Waals surface area contributed by atoms with Crippen molar-refractivity contribution in [3.63, 3.8) is 0 Å². The number of aromatic nitrogens is 2. The van der Waals surface area contributed by atoms with Gasteiger partial charge in [0.2, 0.25) is 0 Å². The first-order valence-electron chi connectivity index (χ1n) is 14.4. The summed E-state index contributed by atoms with van der Waals surface area (Å²) in [5.74, 6) is -1.71. The first-order valence-corrected chi connectivity index (χ1v) is 14.4. The quantitative estimate of drug-likeness (QED) is 0.241. The van der Waals surface area contributed by atoms with Crippen molar-refractivity contribution in [1.82, 2.24) is 20.2 Å². The summed E-state index contributed by atoms with van der Waals surface area (Å²) in [6, 6.07) is 20.1. The molecule has 0 spiro atoms. The molecule has 3 N–H and O–H groups in total. The van der Waals surface area contributed by atoms with Crippen molar-refractivity contribution >= 4 is 35.3 Å². The van der Waals surface area contributed by atoms with Crippen molar-refractivity contribution in [1.29, 1.82) is 0 Å². The van der Waals surface area contributed by atoms with Crippen LogP contribution in [0.5, 0.6) is 0 Å². The van der Waals surface area contributed by atoms with Gasteiger partial charge >= 0.3 is 12.1 Å². The minimum absolute atomic E-state index is 0.0549. The van der Waals surface area contributed by atoms with Crippen molar-refractivity contribution < 1.29 is 29.0 Å². The summed E-state index contributed by atoms with van der Waals surface area (Å²) in [6.45, 7) is 1.89. The molecule has 2 aromatic carbocycles. The average molecular weight is 609 g/mol. The maximum Gasteiger partial charge on any atom is 0.412 e. The lowest BCUT2D eigenvalue weighted by Gasteiger charge is -2.37. The Hall–Kier alpha value is -5.78. The first-order chi connectivity index (χ1) is 21.9. The molecule has 3 amide bonds. The second-order valence-corrected chi connectivity index (χ2v) is 10.3. The van der Waals surface area contributed by atoms with Crippen molar-refractivity contribution in [2.45, 2.75) is 19.1 Å². The summed E-state index contributed by atoms with van der Waals surface area (Å²) in [7, 11) is 0. The van der Waals surface area contributed by atoms with Crippen LogP contribution in [0.25, 0.3) is 0 Å². The van der Waals surface area contributed by atoms with Gasteiger partial charge < -0.3 is 25.0 Å². The van der Waals surface area contributed by atoms with Gasteiger partial charge in [-0.15, -0.1) is 0 Å². The average Bonchev–Trinajstić information content (AvgIpc) is 3.08. The first kappa shape index (κ1) is 30.7. The lowest BCUT2D eigenvalue weighted by atomic mass is 10.0. The second-order valence-electron chi connectivity index (χ2n) is 10.3. The Morgan fingerprint density at radius 1 is 0.844 bits per heavy atom. The molecular formula is C33H32N6O6. The number of anilines is 2. The second kappa shape index (κ2) is 14.6. The van der Waals surface area contributed by atoms with Crippen LogP contribution in [-0.2, 0) is 16.1 Å². The number of aliphatic carboxylic acids is 1. The van der Waals surface area contributed by atoms with E-state index in [0.29, 0.717) is 48.7 Å². The fourth-order valence-corrected chi connectivity index (χ4v) is 5.00. The highest BCUT2D eigenvalue weighted by Gasteiger charge is 2.26. The van der Waals surface area contributed by atoms with Gasteiger partial charge in [0, 0.05) is 56.5 Å². The van der Waals surface area contributed by atoms with Crippen molar-refractivity contribution in [2.75, 3.05) is 36.4 Å². The van der Waals surface area contributed by atoms with Crippen molar-refractivity contribution in [3.8, 4) is 0 Å². The number of carbonyl (C=O) groups is 4. The molecule has 0 aliphatic carbocycles. The summed E-state index contributed by atoms with van der Waals surface area (Å²) < 4.78 is 5.44. The number of pyridine rings is 2. The van der Waals surface area contributed by atoms with Crippen LogP contribution in [0.4, 0.5) is 16.2 Å². The van der Waals surface area contributed by atoms with Gasteiger partial charge in [0.05, 0.1) is 29.4 Å². The van der Waals surface area contributed by atoms with E-state index in [1.807, 2.05) is 35.2 Å². The minimum atomic E-state index is -1.08. The monoisotopic (exact) mass is 608 g/mol. The van der Waals surface area contributed by atoms with E-state index in [1.54, 1.807) is 53.7 Å². The van der Waals surface area contributed by atoms with Gasteiger partial charge in [-0.25, -0.2) is 4.79 Å². The fraction of sp³-hybridized carbons (Fsp3) is 0.212. The Morgan fingerprint density at radius 3 is 2.24 bits per heavy atom. The molecule has 45 heavy (non-hydrogen) atoms. The number of carboxylic acid groups (broad SMARTS) is 1. The molecule has 1 saturated heterocycles. The SMILES string of the molecule is O=C(O)CC(NC(=O)c1ccc(N2CCN(C(=O)c3cccnc3)CC2)c(NC(=O)OCc2ccccc2)c1)c1cccnc1. The van der Waals surface area contributed by atoms with E-state index < -0.39 is 24.0 Å². The Labute approximate surface area is 259 Å². The highest BCUT2D eigenvalue weighted by molar-refractivity contribution is 5.99. The van der Waals surface area contributed by atoms with Gasteiger partial charge in [0.25, 0.3) is 11.8 Å². The molecule has 2 aromatic heterocycles. The zero-order chi connectivity index (χ0) is 31.6. The van der Waals surface area contributed by atoms with Crippen LogP contribution in [0.3, 0.4) is 0 Å². The smallest absolute Gasteiger partial charge is 0.412 e. The fourth-order valence-electron chi connectivity index (χ4n) is 5.00. The number of benzene rings is 2. The number of hydrogen-bond donors (Lipinski definition) is 3. The van der Waals surface area contributed by atoms with Gasteiger partial charge in [-0.2, -0.15) is 0 Å². The number of carbonyl (C=O) groups excluding carboxylic acids is 3. The molecular weight excluding hydrogens is 576 g/mol. The van der Waals surface area contributed by atoms with Gasteiger partial charge in [-0.05, 0) is 47.5 Å². The molecule has 0 radical (unpaired) electrons. The maximum atomic E-state index is 13.4. The molecule has 4 aromatic rings. The zero-order valence-corrected chi connectivity index (χ0v) is 24.3. The minimum Gasteiger partial charge on any atom is -0.481 e. The molecule has 1 unspecified atom stereocenters. The van der Waals surface area contributed by atoms with Gasteiger partial charge in [0.1, 0.15) is 6.61 Å². The maximum absolute atomic E-state index is 13.4. The van der Waals surface area contributed by atoms with E-state index in [1.165, 1.54) is 18.5 Å². The molecule has 230 valence electrons. The Bertz CT molecular complexity index is 1630. The van der Waals surface area contributed by atoms with E-state index in [2.05, 4.69) is 20.6 Å². The van der Waals surface area contributed by atoms with Gasteiger partial charge in [0.15, 0.2) is 0 Å². The standard InChI is InChI=1S/C33H32N6O6/c40-30(41)19-27(25-8-4-12-34-20-25)36-31(42)24-10-11-29(28(18-24)37-33(44)45-22-23-6-2-1-3-7-23)38-14-16-39(17-15-38)32(43)26-9-5-13-35-21-26/h1-13,18,20-21,27H,14-17,19,22H2,(H,36,42)(H,37,44)(H,40,41). The molecule has 3 heterocycles. The highest BCUT2D eigenvalue weighted by atomic mass is 16.5. The summed E-state index contributed by atoms with van der Waals surface area (Å²) in [5, 5.41) is 15.0. The Kier molecular flexibility index (Phi) is 9.95. The molecule has 12 nitrogen and oxygen atoms in total. The lowest BCUT2D eigenvalue weighted by molar-refractivity contribution is -0.137. The van der Waals surface area contributed by atoms with E-state index in [9.17, 15) is 24.3 Å². The van der Waals surface area contributed by atoms with Crippen LogP contribution in [-0.4, -0.2) is 70.0 Å². The normalized spacial score (nSPS) is 13.4. The number of piperazine rings is 1. The Balaban J connectivity index is 1.34. The summed E-state index contributed by atoms with van der Waals surface area (Å²) in [5.41, 5.74) is 3.07. The molecule has 0 saturated carbocycles. The van der Waals surface area contributed by atoms with Crippen LogP contribution < -0.4 is 15.5 Å². The number of hydrogen-bond acceptors (Lipinski definition) is 8. The lowest BCUT2D eigenvalue weighted by Crippen LogP contribution is -2.49. The third kappa shape index (κ3) is 8.20. The summed E-state index contributed by atoms with van der Waals surface area (Å²) in [4.78, 5) is 62.6. The molecule has 5 rings (SSSR count). The molecule has 0 bridgehead atoms. The molecule has 12 heteroatoms. The predicted molar refractivity (Wildman–Crippen MR) is 166 cm³/mol. The van der Waals surface area contributed by atoms with Gasteiger partial charge in [-0.1, -0.05) is 36.4 Å². The van der Waals surface area contributed by atoms with Crippen molar-refractivity contribution in [2.24, 2.45) is 0 Å². The zero-order valence-electron chi connectivity index (χ0n) is 24.3. The Morgan fingerprint density at radius 2 is 1.58 bits per heavy atom. The predicted octanol–water partition coefficient (Wildman–Crippen LogP) is 4.13. The van der Waals surface area contributed by atoms with Crippen LogP contribution in [0.1, 0.15) is 44.3 Å². The third-order valence-corrected chi connectivity index (χ3v) is 7.30. The van der Waals surface area contributed by atoms with Crippen LogP contribution in [0, 0.1) is 0 Å². The van der Waals surface area contributed by atoms with E-state index >= 15 is 0 Å². The largest absolute Gasteiger partial charge is 0.481 e. The van der Waals surface area contributed by atoms with E-state index in [-0.39, 0.29) is 24.5 Å². The highest BCUT2D eigenvalue weighted by Crippen LogP contribution is 2.29.